The van der Waals surface area contributed by atoms with Gasteiger partial charge in [-0.2, -0.15) is 0 Å². The Bertz CT molecular complexity index is 271. The number of aryl methyl sites for hydroxylation is 2. The zero-order valence-electron chi connectivity index (χ0n) is 7.64. The Kier molecular flexibility index (Phi) is 3.09. The van der Waals surface area contributed by atoms with E-state index >= 15 is 0 Å². The molecule has 0 spiro atoms. The van der Waals surface area contributed by atoms with Crippen molar-refractivity contribution in [3.8, 4) is 0 Å². The lowest BCUT2D eigenvalue weighted by molar-refractivity contribution is 0.993. The minimum absolute atomic E-state index is 1.03. The van der Waals surface area contributed by atoms with Gasteiger partial charge in [0, 0.05) is 0 Å². The van der Waals surface area contributed by atoms with Crippen LogP contribution in [0.4, 0.5) is 0 Å². The van der Waals surface area contributed by atoms with E-state index in [0.717, 1.165) is 12.8 Å². The first kappa shape index (κ1) is 9.05. The third-order valence-corrected chi connectivity index (χ3v) is 2.13. The number of benzene rings is 1. The molecular formula is C12H15. The van der Waals surface area contributed by atoms with Crippen molar-refractivity contribution in [3.05, 3.63) is 54.5 Å². The molecule has 0 aliphatic rings. The monoisotopic (exact) mass is 159 g/mol. The molecule has 0 bridgehead atoms. The summed E-state index contributed by atoms with van der Waals surface area (Å²) < 4.78 is 0. The average molecular weight is 159 g/mol. The second kappa shape index (κ2) is 4.10. The summed E-state index contributed by atoms with van der Waals surface area (Å²) in [5, 5.41) is 0. The highest BCUT2D eigenvalue weighted by molar-refractivity contribution is 5.36. The second-order valence-electron chi connectivity index (χ2n) is 3.04. The summed E-state index contributed by atoms with van der Waals surface area (Å²) in [7, 11) is 0. The molecule has 0 aliphatic heterocycles. The van der Waals surface area contributed by atoms with E-state index in [4.69, 9.17) is 0 Å². The molecule has 0 unspecified atom stereocenters. The molecule has 0 saturated heterocycles. The normalized spacial score (nSPS) is 9.83. The largest absolute Gasteiger partial charge is 0.103 e. The molecule has 0 aromatic heterocycles. The van der Waals surface area contributed by atoms with Crippen LogP contribution in [-0.4, -0.2) is 0 Å². The van der Waals surface area contributed by atoms with Gasteiger partial charge in [0.1, 0.15) is 0 Å². The third-order valence-electron chi connectivity index (χ3n) is 2.13. The average Bonchev–Trinajstić information content (AvgIpc) is 2.08. The molecule has 0 saturated carbocycles. The van der Waals surface area contributed by atoms with Gasteiger partial charge in [-0.05, 0) is 43.4 Å². The van der Waals surface area contributed by atoms with Gasteiger partial charge >= 0.3 is 0 Å². The van der Waals surface area contributed by atoms with E-state index in [1.807, 2.05) is 6.08 Å². The van der Waals surface area contributed by atoms with E-state index in [0.29, 0.717) is 0 Å². The van der Waals surface area contributed by atoms with Gasteiger partial charge in [-0.15, -0.1) is 6.58 Å². The van der Waals surface area contributed by atoms with Crippen molar-refractivity contribution in [3.63, 3.8) is 0 Å². The Balaban J connectivity index is 2.84. The van der Waals surface area contributed by atoms with E-state index < -0.39 is 0 Å². The van der Waals surface area contributed by atoms with Crippen LogP contribution in [0.2, 0.25) is 0 Å². The molecule has 1 aromatic carbocycles. The molecule has 0 fully saturated rings. The quantitative estimate of drug-likeness (QED) is 0.594. The highest BCUT2D eigenvalue weighted by Crippen LogP contribution is 2.14. The lowest BCUT2D eigenvalue weighted by Crippen LogP contribution is -1.90. The number of hydrogen-bond donors (Lipinski definition) is 0. The number of allylic oxidation sites excluding steroid dienone is 1. The zero-order chi connectivity index (χ0) is 8.97. The zero-order valence-corrected chi connectivity index (χ0v) is 7.64. The first-order valence-corrected chi connectivity index (χ1v) is 4.27. The summed E-state index contributed by atoms with van der Waals surface area (Å²) in [5.74, 6) is 0. The fourth-order valence-corrected chi connectivity index (χ4v) is 1.25. The van der Waals surface area contributed by atoms with E-state index in [2.05, 4.69) is 38.6 Å². The molecular weight excluding hydrogens is 144 g/mol. The fraction of sp³-hybridized carbons (Fsp3) is 0.250. The number of rotatable bonds is 3. The Morgan fingerprint density at radius 1 is 1.42 bits per heavy atom. The highest BCUT2D eigenvalue weighted by Gasteiger charge is 1.98. The molecule has 1 radical (unpaired) electrons. The molecule has 1 aromatic rings. The van der Waals surface area contributed by atoms with Crippen LogP contribution >= 0.6 is 0 Å². The topological polar surface area (TPSA) is 0 Å². The molecule has 0 amide bonds. The SMILES string of the molecule is [CH2]c1c(C)cccc1CCC=C. The Morgan fingerprint density at radius 2 is 2.17 bits per heavy atom. The first-order chi connectivity index (χ1) is 5.75. The molecule has 0 nitrogen and oxygen atoms in total. The third kappa shape index (κ3) is 1.97. The summed E-state index contributed by atoms with van der Waals surface area (Å²) >= 11 is 0. The lowest BCUT2D eigenvalue weighted by atomic mass is 10.00. The molecule has 0 heterocycles. The van der Waals surface area contributed by atoms with Crippen molar-refractivity contribution in [2.75, 3.05) is 0 Å². The van der Waals surface area contributed by atoms with Crippen LogP contribution in [0.5, 0.6) is 0 Å². The van der Waals surface area contributed by atoms with Crippen molar-refractivity contribution in [2.45, 2.75) is 19.8 Å². The molecule has 1 rings (SSSR count). The summed E-state index contributed by atoms with van der Waals surface area (Å²) in [6, 6.07) is 6.32. The van der Waals surface area contributed by atoms with Crippen LogP contribution in [0.25, 0.3) is 0 Å². The van der Waals surface area contributed by atoms with Gasteiger partial charge in [0.25, 0.3) is 0 Å². The summed E-state index contributed by atoms with van der Waals surface area (Å²) in [6.07, 6.45) is 4.04. The Hall–Kier alpha value is -1.04. The molecule has 63 valence electrons. The summed E-state index contributed by atoms with van der Waals surface area (Å²) in [6.45, 7) is 9.84. The van der Waals surface area contributed by atoms with Crippen LogP contribution in [0.1, 0.15) is 23.1 Å². The van der Waals surface area contributed by atoms with Gasteiger partial charge in [0.15, 0.2) is 0 Å². The van der Waals surface area contributed by atoms with Gasteiger partial charge in [0.05, 0.1) is 0 Å². The standard InChI is InChI=1S/C12H15/c1-4-5-8-12-9-6-7-10(2)11(12)3/h4,6-7,9H,1,3,5,8H2,2H3. The molecule has 0 aliphatic carbocycles. The fourth-order valence-electron chi connectivity index (χ4n) is 1.25. The van der Waals surface area contributed by atoms with E-state index in [9.17, 15) is 0 Å². The second-order valence-corrected chi connectivity index (χ2v) is 3.04. The van der Waals surface area contributed by atoms with Gasteiger partial charge in [0.2, 0.25) is 0 Å². The first-order valence-electron chi connectivity index (χ1n) is 4.27. The van der Waals surface area contributed by atoms with Crippen molar-refractivity contribution in [1.29, 1.82) is 0 Å². The maximum Gasteiger partial charge on any atom is -0.0233 e. The van der Waals surface area contributed by atoms with Crippen molar-refractivity contribution in [2.24, 2.45) is 0 Å². The van der Waals surface area contributed by atoms with Crippen molar-refractivity contribution in [1.82, 2.24) is 0 Å². The van der Waals surface area contributed by atoms with Crippen molar-refractivity contribution < 1.29 is 0 Å². The van der Waals surface area contributed by atoms with Gasteiger partial charge in [-0.1, -0.05) is 24.3 Å². The summed E-state index contributed by atoms with van der Waals surface area (Å²) in [4.78, 5) is 0. The minimum Gasteiger partial charge on any atom is -0.103 e. The number of hydrogen-bond acceptors (Lipinski definition) is 0. The van der Waals surface area contributed by atoms with Crippen LogP contribution in [0.3, 0.4) is 0 Å². The molecule has 12 heavy (non-hydrogen) atoms. The van der Waals surface area contributed by atoms with Crippen molar-refractivity contribution >= 4 is 0 Å². The van der Waals surface area contributed by atoms with Gasteiger partial charge in [-0.3, -0.25) is 0 Å². The van der Waals surface area contributed by atoms with Crippen LogP contribution in [0, 0.1) is 13.8 Å². The molecule has 0 heteroatoms. The van der Waals surface area contributed by atoms with Gasteiger partial charge < -0.3 is 0 Å². The smallest absolute Gasteiger partial charge is 0.0233 e. The maximum atomic E-state index is 4.04. The Labute approximate surface area is 74.9 Å². The molecule has 0 N–H and O–H groups in total. The van der Waals surface area contributed by atoms with Gasteiger partial charge in [-0.25, -0.2) is 0 Å². The van der Waals surface area contributed by atoms with Crippen LogP contribution < -0.4 is 0 Å². The molecule has 0 atom stereocenters. The van der Waals surface area contributed by atoms with E-state index in [1.54, 1.807) is 0 Å². The maximum absolute atomic E-state index is 4.04. The Morgan fingerprint density at radius 3 is 2.83 bits per heavy atom. The highest BCUT2D eigenvalue weighted by atomic mass is 14.0. The van der Waals surface area contributed by atoms with Crippen LogP contribution in [-0.2, 0) is 6.42 Å². The lowest BCUT2D eigenvalue weighted by Gasteiger charge is -2.06. The van der Waals surface area contributed by atoms with Crippen LogP contribution in [0.15, 0.2) is 30.9 Å². The minimum atomic E-state index is 1.03. The predicted octanol–water partition coefficient (Wildman–Crippen LogP) is 3.30. The van der Waals surface area contributed by atoms with E-state index in [-0.39, 0.29) is 0 Å². The predicted molar refractivity (Wildman–Crippen MR) is 54.2 cm³/mol. The summed E-state index contributed by atoms with van der Waals surface area (Å²) in [5.41, 5.74) is 3.80. The van der Waals surface area contributed by atoms with E-state index in [1.165, 1.54) is 16.7 Å².